The number of amides is 4. The van der Waals surface area contributed by atoms with E-state index < -0.39 is 78.2 Å². The van der Waals surface area contributed by atoms with Gasteiger partial charge in [-0.25, -0.2) is 9.59 Å². The number of aliphatic carboxylic acids is 1. The summed E-state index contributed by atoms with van der Waals surface area (Å²) in [5.41, 5.74) is 16.0. The minimum absolute atomic E-state index is 0.120. The molecule has 0 saturated carbocycles. The molecule has 66 heavy (non-hydrogen) atoms. The Labute approximate surface area is 379 Å². The van der Waals surface area contributed by atoms with Crippen molar-refractivity contribution in [2.45, 2.75) is 63.7 Å². The first-order valence-corrected chi connectivity index (χ1v) is 20.8. The number of nitrogen functional groups attached to an aromatic ring is 2. The van der Waals surface area contributed by atoms with Gasteiger partial charge in [0.25, 0.3) is 0 Å². The van der Waals surface area contributed by atoms with Gasteiger partial charge in [-0.05, 0) is 47.5 Å². The number of para-hydroxylation sites is 4. The molecule has 4 aromatic carbocycles. The third-order valence-electron chi connectivity index (χ3n) is 10.9. The van der Waals surface area contributed by atoms with E-state index in [1.165, 1.54) is 43.0 Å². The number of esters is 1. The summed E-state index contributed by atoms with van der Waals surface area (Å²) in [6, 6.07) is 23.2. The van der Waals surface area contributed by atoms with Crippen molar-refractivity contribution in [3.63, 3.8) is 0 Å². The Morgan fingerprint density at radius 2 is 1.08 bits per heavy atom. The van der Waals surface area contributed by atoms with Gasteiger partial charge in [0.2, 0.25) is 23.6 Å². The van der Waals surface area contributed by atoms with Crippen LogP contribution in [0, 0.1) is 0 Å². The Morgan fingerprint density at radius 1 is 0.621 bits per heavy atom. The van der Waals surface area contributed by atoms with Crippen LogP contribution in [-0.2, 0) is 46.3 Å². The highest BCUT2D eigenvalue weighted by molar-refractivity contribution is 6.06. The van der Waals surface area contributed by atoms with Crippen LogP contribution < -0.4 is 27.4 Å². The molecule has 0 spiro atoms. The predicted molar refractivity (Wildman–Crippen MR) is 247 cm³/mol. The van der Waals surface area contributed by atoms with Gasteiger partial charge in [0.1, 0.15) is 24.2 Å². The fourth-order valence-electron chi connectivity index (χ4n) is 7.28. The van der Waals surface area contributed by atoms with E-state index in [9.17, 15) is 43.5 Å². The molecule has 18 heteroatoms. The van der Waals surface area contributed by atoms with Crippen LogP contribution in [0.15, 0.2) is 109 Å². The van der Waals surface area contributed by atoms with E-state index in [2.05, 4.69) is 25.9 Å². The summed E-state index contributed by atoms with van der Waals surface area (Å²) in [4.78, 5) is 107. The average Bonchev–Trinajstić information content (AvgIpc) is 3.90. The van der Waals surface area contributed by atoms with Crippen LogP contribution in [0.5, 0.6) is 0 Å². The summed E-state index contributed by atoms with van der Waals surface area (Å²) < 4.78 is 4.70. The van der Waals surface area contributed by atoms with Gasteiger partial charge in [-0.1, -0.05) is 60.7 Å². The Balaban J connectivity index is 0.000000247. The van der Waals surface area contributed by atoms with Crippen molar-refractivity contribution in [3.8, 4) is 0 Å². The normalized spacial score (nSPS) is 12.6. The first kappa shape index (κ1) is 48.7. The SMILES string of the molecule is CC(=O)N(C)[C@@H](Cc1c[nH]c2ccccc12)C(=O)N[C@@H](Cc1c[nH]c2ccccc12)C(=O)O.COC(=O)C(CC(=O)c1ccccc1N)NC(=O)C(CC(=O)c1ccccc1N)NC(C)=O. The van der Waals surface area contributed by atoms with Crippen molar-refractivity contribution in [1.29, 1.82) is 0 Å². The number of aromatic amines is 2. The van der Waals surface area contributed by atoms with Gasteiger partial charge in [-0.15, -0.1) is 0 Å². The minimum Gasteiger partial charge on any atom is -0.480 e. The number of hydrogen-bond acceptors (Lipinski definition) is 11. The number of nitrogens with one attached hydrogen (secondary N) is 5. The molecule has 0 aliphatic rings. The molecule has 344 valence electrons. The van der Waals surface area contributed by atoms with Gasteiger partial charge in [-0.3, -0.25) is 28.8 Å². The number of likely N-dealkylation sites (N-methyl/N-ethyl adjacent to an activating group) is 1. The number of Topliss-reactive ketones (excluding diaryl/α,β-unsaturated/α-hetero) is 2. The third-order valence-corrected chi connectivity index (χ3v) is 10.9. The van der Waals surface area contributed by atoms with Gasteiger partial charge in [0, 0.05) is 103 Å². The molecule has 4 amide bonds. The molecule has 2 aromatic heterocycles. The van der Waals surface area contributed by atoms with E-state index in [1.54, 1.807) is 37.5 Å². The molecule has 2 unspecified atom stereocenters. The van der Waals surface area contributed by atoms with Crippen LogP contribution in [0.2, 0.25) is 0 Å². The fourth-order valence-corrected chi connectivity index (χ4v) is 7.28. The summed E-state index contributed by atoms with van der Waals surface area (Å²) in [6.45, 7) is 2.57. The summed E-state index contributed by atoms with van der Waals surface area (Å²) >= 11 is 0. The number of carbonyl (C=O) groups is 8. The summed E-state index contributed by atoms with van der Waals surface area (Å²) in [7, 11) is 2.66. The van der Waals surface area contributed by atoms with Crippen molar-refractivity contribution in [3.05, 3.63) is 132 Å². The largest absolute Gasteiger partial charge is 0.480 e. The van der Waals surface area contributed by atoms with E-state index in [1.807, 2.05) is 54.7 Å². The maximum atomic E-state index is 13.3. The molecule has 0 radical (unpaired) electrons. The van der Waals surface area contributed by atoms with E-state index in [0.29, 0.717) is 0 Å². The number of carboxylic acid groups (broad SMARTS) is 1. The zero-order chi connectivity index (χ0) is 48.1. The molecule has 2 heterocycles. The zero-order valence-corrected chi connectivity index (χ0v) is 36.8. The number of H-pyrrole nitrogens is 2. The van der Waals surface area contributed by atoms with Gasteiger partial charge in [0.15, 0.2) is 11.6 Å². The highest BCUT2D eigenvalue weighted by Gasteiger charge is 2.32. The lowest BCUT2D eigenvalue weighted by molar-refractivity contribution is -0.145. The van der Waals surface area contributed by atoms with E-state index >= 15 is 0 Å². The number of carbonyl (C=O) groups excluding carboxylic acids is 7. The van der Waals surface area contributed by atoms with Crippen LogP contribution in [0.4, 0.5) is 11.4 Å². The maximum Gasteiger partial charge on any atom is 0.328 e. The first-order chi connectivity index (χ1) is 31.5. The van der Waals surface area contributed by atoms with Crippen LogP contribution >= 0.6 is 0 Å². The maximum absolute atomic E-state index is 13.3. The Bertz CT molecular complexity index is 2760. The second kappa shape index (κ2) is 22.4. The molecule has 0 aliphatic heterocycles. The van der Waals surface area contributed by atoms with Gasteiger partial charge in [-0.2, -0.15) is 0 Å². The molecule has 0 saturated heterocycles. The Hall–Kier alpha value is -8.28. The number of nitrogens with two attached hydrogens (primary N) is 2. The molecule has 18 nitrogen and oxygen atoms in total. The average molecular weight is 901 g/mol. The van der Waals surface area contributed by atoms with E-state index in [-0.39, 0.29) is 41.3 Å². The number of methoxy groups -OCH3 is 1. The highest BCUT2D eigenvalue weighted by atomic mass is 16.5. The van der Waals surface area contributed by atoms with Crippen molar-refractivity contribution < 1.29 is 48.2 Å². The molecule has 6 rings (SSSR count). The number of fused-ring (bicyclic) bond motifs is 2. The van der Waals surface area contributed by atoms with Gasteiger partial charge < -0.3 is 52.1 Å². The number of nitrogens with zero attached hydrogens (tertiary/aromatic N) is 1. The lowest BCUT2D eigenvalue weighted by Crippen LogP contribution is -2.53. The van der Waals surface area contributed by atoms with E-state index in [0.717, 1.165) is 40.0 Å². The van der Waals surface area contributed by atoms with Crippen LogP contribution in [-0.4, -0.2) is 105 Å². The van der Waals surface area contributed by atoms with Crippen LogP contribution in [0.25, 0.3) is 21.8 Å². The summed E-state index contributed by atoms with van der Waals surface area (Å²) in [5, 5.41) is 19.1. The second-order valence-electron chi connectivity index (χ2n) is 15.4. The second-order valence-corrected chi connectivity index (χ2v) is 15.4. The van der Waals surface area contributed by atoms with Crippen molar-refractivity contribution in [1.82, 2.24) is 30.8 Å². The number of carboxylic acids is 1. The third kappa shape index (κ3) is 12.5. The van der Waals surface area contributed by atoms with Crippen molar-refractivity contribution >= 4 is 80.3 Å². The zero-order valence-electron chi connectivity index (χ0n) is 36.8. The lowest BCUT2D eigenvalue weighted by atomic mass is 9.99. The topological polar surface area (TPSA) is 289 Å². The molecular weight excluding hydrogens is 849 g/mol. The number of aromatic nitrogens is 2. The monoisotopic (exact) mass is 900 g/mol. The summed E-state index contributed by atoms with van der Waals surface area (Å²) in [5.74, 6) is -5.16. The number of anilines is 2. The molecule has 6 aromatic rings. The molecule has 10 N–H and O–H groups in total. The number of ether oxygens (including phenoxy) is 1. The smallest absolute Gasteiger partial charge is 0.328 e. The van der Waals surface area contributed by atoms with Gasteiger partial charge >= 0.3 is 11.9 Å². The molecule has 0 bridgehead atoms. The number of hydrogen-bond donors (Lipinski definition) is 8. The standard InChI is InChI=1S/C25H26N4O4.C23H26N4O6/c1-15(30)29(2)23(12-17-14-27-21-10-6-4-8-19(17)21)24(31)28-22(25(32)33)11-16-13-26-20-9-5-3-7-18(16)20;1-13(28)26-18(11-20(29)14-7-3-5-9-16(14)24)22(31)27-19(23(32)33-2)12-21(30)15-8-4-6-10-17(15)25/h3-10,13-14,22-23,26-27H,11-12H2,1-2H3,(H,28,31)(H,32,33);3-10,18-19H,11-12,24-25H2,1-2H3,(H,26,28)(H,27,31)/t22-,23-;/m0./s1. The summed E-state index contributed by atoms with van der Waals surface area (Å²) in [6.07, 6.45) is 3.11. The molecule has 0 aliphatic carbocycles. The minimum atomic E-state index is -1.36. The van der Waals surface area contributed by atoms with Crippen LogP contribution in [0.3, 0.4) is 0 Å². The van der Waals surface area contributed by atoms with Crippen molar-refractivity contribution in [2.24, 2.45) is 0 Å². The quantitative estimate of drug-likeness (QED) is 0.0348. The van der Waals surface area contributed by atoms with Gasteiger partial charge in [0.05, 0.1) is 7.11 Å². The number of benzene rings is 4. The first-order valence-electron chi connectivity index (χ1n) is 20.8. The lowest BCUT2D eigenvalue weighted by Gasteiger charge is -2.27. The molecule has 4 atom stereocenters. The highest BCUT2D eigenvalue weighted by Crippen LogP contribution is 2.23. The van der Waals surface area contributed by atoms with Crippen molar-refractivity contribution in [2.75, 3.05) is 25.6 Å². The Kier molecular flexibility index (Phi) is 16.5. The number of rotatable bonds is 18. The Morgan fingerprint density at radius 3 is 1.55 bits per heavy atom. The van der Waals surface area contributed by atoms with E-state index in [4.69, 9.17) is 16.2 Å². The predicted octanol–water partition coefficient (Wildman–Crippen LogP) is 3.71. The van der Waals surface area contributed by atoms with Crippen LogP contribution in [0.1, 0.15) is 58.5 Å². The molecular formula is C48H52N8O10. The number of ketones is 2. The fraction of sp³-hybridized carbons (Fsp3) is 0.250. The molecule has 0 fully saturated rings.